The molecular weight excluding hydrogens is 160 g/mol. The van der Waals surface area contributed by atoms with Gasteiger partial charge in [-0.05, 0) is 25.5 Å². The fourth-order valence-corrected chi connectivity index (χ4v) is 1.42. The van der Waals surface area contributed by atoms with Crippen LogP contribution in [0, 0.1) is 13.8 Å². The molecular formula is C12H12O. The molecule has 1 nitrogen and oxygen atoms in total. The fourth-order valence-electron chi connectivity index (χ4n) is 1.42. The van der Waals surface area contributed by atoms with Crippen LogP contribution in [0.4, 0.5) is 0 Å². The normalized spacial score (nSPS) is 10.3. The van der Waals surface area contributed by atoms with E-state index < -0.39 is 0 Å². The first-order valence-electron chi connectivity index (χ1n) is 4.38. The molecule has 0 bridgehead atoms. The molecule has 0 aliphatic rings. The second-order valence-corrected chi connectivity index (χ2v) is 3.32. The SMILES string of the molecule is Cc1cccc(-c2coc(C)c2)c1. The zero-order valence-electron chi connectivity index (χ0n) is 7.87. The van der Waals surface area contributed by atoms with Crippen molar-refractivity contribution in [2.75, 3.05) is 0 Å². The van der Waals surface area contributed by atoms with E-state index >= 15 is 0 Å². The summed E-state index contributed by atoms with van der Waals surface area (Å²) in [6.45, 7) is 4.05. The van der Waals surface area contributed by atoms with Crippen LogP contribution < -0.4 is 0 Å². The van der Waals surface area contributed by atoms with E-state index in [0.717, 1.165) is 11.3 Å². The molecule has 1 aromatic carbocycles. The number of furan rings is 1. The maximum absolute atomic E-state index is 5.26. The smallest absolute Gasteiger partial charge is 0.101 e. The summed E-state index contributed by atoms with van der Waals surface area (Å²) in [7, 11) is 0. The van der Waals surface area contributed by atoms with Crippen LogP contribution in [0.15, 0.2) is 41.0 Å². The Morgan fingerprint density at radius 1 is 1.00 bits per heavy atom. The third-order valence-corrected chi connectivity index (χ3v) is 2.08. The highest BCUT2D eigenvalue weighted by atomic mass is 16.3. The van der Waals surface area contributed by atoms with Gasteiger partial charge in [0, 0.05) is 5.56 Å². The van der Waals surface area contributed by atoms with Crippen molar-refractivity contribution in [3.8, 4) is 11.1 Å². The largest absolute Gasteiger partial charge is 0.469 e. The van der Waals surface area contributed by atoms with Gasteiger partial charge in [0.1, 0.15) is 5.76 Å². The molecule has 0 saturated carbocycles. The van der Waals surface area contributed by atoms with Gasteiger partial charge in [-0.2, -0.15) is 0 Å². The third-order valence-electron chi connectivity index (χ3n) is 2.08. The Labute approximate surface area is 78.0 Å². The van der Waals surface area contributed by atoms with Crippen molar-refractivity contribution in [3.05, 3.63) is 47.9 Å². The van der Waals surface area contributed by atoms with Gasteiger partial charge >= 0.3 is 0 Å². The highest BCUT2D eigenvalue weighted by Gasteiger charge is 2.00. The van der Waals surface area contributed by atoms with Crippen LogP contribution in [0.3, 0.4) is 0 Å². The lowest BCUT2D eigenvalue weighted by atomic mass is 10.1. The number of rotatable bonds is 1. The van der Waals surface area contributed by atoms with Crippen LogP contribution in [0.5, 0.6) is 0 Å². The Bertz CT molecular complexity index is 413. The van der Waals surface area contributed by atoms with Crippen molar-refractivity contribution in [2.45, 2.75) is 13.8 Å². The molecule has 0 unspecified atom stereocenters. The van der Waals surface area contributed by atoms with E-state index in [9.17, 15) is 0 Å². The van der Waals surface area contributed by atoms with Gasteiger partial charge in [-0.3, -0.25) is 0 Å². The van der Waals surface area contributed by atoms with Crippen molar-refractivity contribution in [1.29, 1.82) is 0 Å². The molecule has 2 aromatic rings. The highest BCUT2D eigenvalue weighted by molar-refractivity contribution is 5.63. The minimum absolute atomic E-state index is 0.955. The van der Waals surface area contributed by atoms with E-state index in [1.165, 1.54) is 11.1 Å². The molecule has 0 N–H and O–H groups in total. The van der Waals surface area contributed by atoms with E-state index in [1.54, 1.807) is 6.26 Å². The Hall–Kier alpha value is -1.50. The van der Waals surface area contributed by atoms with Crippen LogP contribution in [0.1, 0.15) is 11.3 Å². The average molecular weight is 172 g/mol. The van der Waals surface area contributed by atoms with Crippen molar-refractivity contribution < 1.29 is 4.42 Å². The molecule has 66 valence electrons. The van der Waals surface area contributed by atoms with Crippen LogP contribution in [-0.2, 0) is 0 Å². The molecule has 1 heteroatoms. The van der Waals surface area contributed by atoms with E-state index in [1.807, 2.05) is 6.92 Å². The molecule has 0 aliphatic carbocycles. The minimum atomic E-state index is 0.955. The molecule has 0 saturated heterocycles. The first-order chi connectivity index (χ1) is 6.25. The maximum atomic E-state index is 5.26. The number of aryl methyl sites for hydroxylation is 2. The molecule has 0 spiro atoms. The highest BCUT2D eigenvalue weighted by Crippen LogP contribution is 2.22. The lowest BCUT2D eigenvalue weighted by molar-refractivity contribution is 0.535. The van der Waals surface area contributed by atoms with Crippen molar-refractivity contribution in [2.24, 2.45) is 0 Å². The summed E-state index contributed by atoms with van der Waals surface area (Å²) >= 11 is 0. The van der Waals surface area contributed by atoms with Crippen molar-refractivity contribution >= 4 is 0 Å². The van der Waals surface area contributed by atoms with Crippen LogP contribution >= 0.6 is 0 Å². The van der Waals surface area contributed by atoms with Gasteiger partial charge < -0.3 is 4.42 Å². The summed E-state index contributed by atoms with van der Waals surface area (Å²) in [6, 6.07) is 10.5. The van der Waals surface area contributed by atoms with E-state index in [2.05, 4.69) is 37.3 Å². The van der Waals surface area contributed by atoms with Gasteiger partial charge in [-0.15, -0.1) is 0 Å². The summed E-state index contributed by atoms with van der Waals surface area (Å²) in [6.07, 6.45) is 1.80. The van der Waals surface area contributed by atoms with Gasteiger partial charge in [-0.25, -0.2) is 0 Å². The minimum Gasteiger partial charge on any atom is -0.469 e. The molecule has 0 atom stereocenters. The summed E-state index contributed by atoms with van der Waals surface area (Å²) in [5, 5.41) is 0. The number of benzene rings is 1. The Balaban J connectivity index is 2.46. The van der Waals surface area contributed by atoms with E-state index in [-0.39, 0.29) is 0 Å². The fraction of sp³-hybridized carbons (Fsp3) is 0.167. The zero-order chi connectivity index (χ0) is 9.26. The Morgan fingerprint density at radius 3 is 2.46 bits per heavy atom. The maximum Gasteiger partial charge on any atom is 0.101 e. The van der Waals surface area contributed by atoms with Gasteiger partial charge in [0.05, 0.1) is 6.26 Å². The molecule has 13 heavy (non-hydrogen) atoms. The zero-order valence-corrected chi connectivity index (χ0v) is 7.87. The number of hydrogen-bond acceptors (Lipinski definition) is 1. The predicted octanol–water partition coefficient (Wildman–Crippen LogP) is 3.56. The predicted molar refractivity (Wildman–Crippen MR) is 53.6 cm³/mol. The topological polar surface area (TPSA) is 13.1 Å². The number of hydrogen-bond donors (Lipinski definition) is 0. The molecule has 2 rings (SSSR count). The standard InChI is InChI=1S/C12H12O/c1-9-4-3-5-11(6-9)12-7-10(2)13-8-12/h3-8H,1-2H3. The van der Waals surface area contributed by atoms with Crippen LogP contribution in [-0.4, -0.2) is 0 Å². The first-order valence-corrected chi connectivity index (χ1v) is 4.38. The third kappa shape index (κ3) is 1.64. The summed E-state index contributed by atoms with van der Waals surface area (Å²) in [5.74, 6) is 0.955. The summed E-state index contributed by atoms with van der Waals surface area (Å²) in [5.41, 5.74) is 3.65. The molecule has 1 heterocycles. The van der Waals surface area contributed by atoms with E-state index in [4.69, 9.17) is 4.42 Å². The molecule has 1 aromatic heterocycles. The lowest BCUT2D eigenvalue weighted by Gasteiger charge is -1.97. The monoisotopic (exact) mass is 172 g/mol. The van der Waals surface area contributed by atoms with Crippen molar-refractivity contribution in [1.82, 2.24) is 0 Å². The van der Waals surface area contributed by atoms with Crippen molar-refractivity contribution in [3.63, 3.8) is 0 Å². The Morgan fingerprint density at radius 2 is 1.85 bits per heavy atom. The van der Waals surface area contributed by atoms with Gasteiger partial charge in [-0.1, -0.05) is 29.8 Å². The Kier molecular flexibility index (Phi) is 1.93. The van der Waals surface area contributed by atoms with Crippen LogP contribution in [0.2, 0.25) is 0 Å². The van der Waals surface area contributed by atoms with Gasteiger partial charge in [0.25, 0.3) is 0 Å². The second-order valence-electron chi connectivity index (χ2n) is 3.32. The van der Waals surface area contributed by atoms with Crippen LogP contribution in [0.25, 0.3) is 11.1 Å². The summed E-state index contributed by atoms with van der Waals surface area (Å²) in [4.78, 5) is 0. The molecule has 0 amide bonds. The van der Waals surface area contributed by atoms with E-state index in [0.29, 0.717) is 0 Å². The average Bonchev–Trinajstić information content (AvgIpc) is 2.52. The molecule has 0 aliphatic heterocycles. The lowest BCUT2D eigenvalue weighted by Crippen LogP contribution is -1.75. The van der Waals surface area contributed by atoms with Gasteiger partial charge in [0.15, 0.2) is 0 Å². The first kappa shape index (κ1) is 8.11. The molecule has 0 radical (unpaired) electrons. The second kappa shape index (κ2) is 3.09. The molecule has 0 fully saturated rings. The summed E-state index contributed by atoms with van der Waals surface area (Å²) < 4.78 is 5.26. The van der Waals surface area contributed by atoms with Gasteiger partial charge in [0.2, 0.25) is 0 Å². The quantitative estimate of drug-likeness (QED) is 0.641.